The Labute approximate surface area is 132 Å². The third-order valence-electron chi connectivity index (χ3n) is 3.71. The molecule has 0 bridgehead atoms. The molecule has 1 fully saturated rings. The summed E-state index contributed by atoms with van der Waals surface area (Å²) in [6.07, 6.45) is 2.99. The zero-order chi connectivity index (χ0) is 15.2. The van der Waals surface area contributed by atoms with Crippen LogP contribution in [0.25, 0.3) is 0 Å². The van der Waals surface area contributed by atoms with Gasteiger partial charge in [0.2, 0.25) is 0 Å². The maximum Gasteiger partial charge on any atom is 0.176 e. The summed E-state index contributed by atoms with van der Waals surface area (Å²) in [5.41, 5.74) is 2.54. The zero-order valence-electron chi connectivity index (χ0n) is 12.4. The van der Waals surface area contributed by atoms with E-state index in [1.54, 1.807) is 0 Å². The molecule has 0 aromatic heterocycles. The van der Waals surface area contributed by atoms with E-state index in [-0.39, 0.29) is 0 Å². The Balaban J connectivity index is 1.83. The standard InChI is InChI=1S/C17H19N4P/c18-15-19-11-14-22-20(16-7-3-1-4-8-16)12-13-21(22)17-9-5-2-6-10-17/h1-10,19H,11-14H2. The van der Waals surface area contributed by atoms with Crippen LogP contribution in [0.4, 0.5) is 11.4 Å². The largest absolute Gasteiger partial charge is 0.332 e. The van der Waals surface area contributed by atoms with Crippen LogP contribution in [0, 0.1) is 11.5 Å². The first-order valence-electron chi connectivity index (χ1n) is 7.44. The Hall–Kier alpha value is -2.24. The lowest BCUT2D eigenvalue weighted by Crippen LogP contribution is -2.22. The lowest BCUT2D eigenvalue weighted by Gasteiger charge is -2.32. The first-order valence-corrected chi connectivity index (χ1v) is 8.88. The van der Waals surface area contributed by atoms with Gasteiger partial charge in [-0.2, -0.15) is 5.26 Å². The molecule has 2 aromatic rings. The number of rotatable bonds is 5. The van der Waals surface area contributed by atoms with Crippen LogP contribution in [0.3, 0.4) is 0 Å². The first-order chi connectivity index (χ1) is 10.9. The lowest BCUT2D eigenvalue weighted by atomic mass is 10.3. The van der Waals surface area contributed by atoms with E-state index in [1.165, 1.54) is 11.4 Å². The molecule has 5 heteroatoms. The van der Waals surface area contributed by atoms with Gasteiger partial charge in [-0.15, -0.1) is 0 Å². The highest BCUT2D eigenvalue weighted by Gasteiger charge is 2.32. The molecule has 112 valence electrons. The molecule has 0 atom stereocenters. The molecule has 1 aliphatic heterocycles. The van der Waals surface area contributed by atoms with Crippen LogP contribution in [0.1, 0.15) is 0 Å². The van der Waals surface area contributed by atoms with Crippen LogP contribution in [0.5, 0.6) is 0 Å². The van der Waals surface area contributed by atoms with Crippen molar-refractivity contribution in [2.24, 2.45) is 0 Å². The van der Waals surface area contributed by atoms with Crippen LogP contribution in [-0.2, 0) is 0 Å². The van der Waals surface area contributed by atoms with Crippen molar-refractivity contribution in [3.05, 3.63) is 60.7 Å². The van der Waals surface area contributed by atoms with Gasteiger partial charge in [-0.25, -0.2) is 0 Å². The summed E-state index contributed by atoms with van der Waals surface area (Å²) in [5.74, 6) is 0. The molecule has 1 heterocycles. The van der Waals surface area contributed by atoms with Gasteiger partial charge >= 0.3 is 0 Å². The normalized spacial score (nSPS) is 14.9. The van der Waals surface area contributed by atoms with Gasteiger partial charge in [0.1, 0.15) is 0 Å². The minimum atomic E-state index is -0.483. The van der Waals surface area contributed by atoms with Crippen LogP contribution in [-0.4, -0.2) is 25.8 Å². The third-order valence-corrected chi connectivity index (χ3v) is 6.31. The number of hydrogen-bond acceptors (Lipinski definition) is 4. The summed E-state index contributed by atoms with van der Waals surface area (Å²) < 4.78 is 4.97. The number of nitriles is 1. The van der Waals surface area contributed by atoms with Gasteiger partial charge < -0.3 is 14.7 Å². The van der Waals surface area contributed by atoms with E-state index in [4.69, 9.17) is 5.26 Å². The Morgan fingerprint density at radius 3 is 1.86 bits per heavy atom. The second-order valence-corrected chi connectivity index (χ2v) is 7.21. The highest BCUT2D eigenvalue weighted by Crippen LogP contribution is 2.52. The quantitative estimate of drug-likeness (QED) is 0.398. The topological polar surface area (TPSA) is 42.3 Å². The fourth-order valence-corrected chi connectivity index (χ4v) is 5.22. The van der Waals surface area contributed by atoms with Crippen molar-refractivity contribution >= 4 is 19.6 Å². The van der Waals surface area contributed by atoms with E-state index in [0.717, 1.165) is 25.8 Å². The molecule has 0 aliphatic carbocycles. The molecule has 4 nitrogen and oxygen atoms in total. The van der Waals surface area contributed by atoms with Crippen LogP contribution in [0.2, 0.25) is 0 Å². The van der Waals surface area contributed by atoms with Crippen molar-refractivity contribution in [2.75, 3.05) is 35.1 Å². The van der Waals surface area contributed by atoms with Gasteiger partial charge in [-0.3, -0.25) is 0 Å². The predicted octanol–water partition coefficient (Wildman–Crippen LogP) is 3.40. The van der Waals surface area contributed by atoms with Crippen LogP contribution < -0.4 is 14.7 Å². The molecule has 2 aromatic carbocycles. The molecule has 1 aliphatic rings. The molecule has 0 spiro atoms. The summed E-state index contributed by atoms with van der Waals surface area (Å²) in [5, 5.41) is 11.5. The van der Waals surface area contributed by atoms with Crippen molar-refractivity contribution in [3.8, 4) is 6.19 Å². The smallest absolute Gasteiger partial charge is 0.176 e. The molecular formula is C17H19N4P. The van der Waals surface area contributed by atoms with E-state index in [2.05, 4.69) is 63.2 Å². The molecule has 22 heavy (non-hydrogen) atoms. The average Bonchev–Trinajstić information content (AvgIpc) is 3.01. The second kappa shape index (κ2) is 7.15. The monoisotopic (exact) mass is 310 g/mol. The molecular weight excluding hydrogens is 291 g/mol. The molecule has 0 unspecified atom stereocenters. The van der Waals surface area contributed by atoms with Gasteiger partial charge in [0.15, 0.2) is 6.19 Å². The van der Waals surface area contributed by atoms with E-state index in [9.17, 15) is 0 Å². The predicted molar refractivity (Wildman–Crippen MR) is 93.0 cm³/mol. The fraction of sp³-hybridized carbons (Fsp3) is 0.235. The summed E-state index contributed by atoms with van der Waals surface area (Å²) in [7, 11) is -0.483. The maximum absolute atomic E-state index is 8.72. The van der Waals surface area contributed by atoms with E-state index in [0.29, 0.717) is 0 Å². The Bertz CT molecular complexity index is 579. The highest BCUT2D eigenvalue weighted by molar-refractivity contribution is 7.61. The lowest BCUT2D eigenvalue weighted by molar-refractivity contribution is 0.935. The van der Waals surface area contributed by atoms with Crippen LogP contribution >= 0.6 is 8.22 Å². The Kier molecular flexibility index (Phi) is 4.78. The zero-order valence-corrected chi connectivity index (χ0v) is 13.3. The second-order valence-electron chi connectivity index (χ2n) is 5.05. The number of benzene rings is 2. The van der Waals surface area contributed by atoms with Crippen molar-refractivity contribution in [3.63, 3.8) is 0 Å². The summed E-state index contributed by atoms with van der Waals surface area (Å²) >= 11 is 0. The number of nitrogens with zero attached hydrogens (tertiary/aromatic N) is 3. The first kappa shape index (κ1) is 14.7. The Morgan fingerprint density at radius 1 is 0.909 bits per heavy atom. The minimum Gasteiger partial charge on any atom is -0.332 e. The van der Waals surface area contributed by atoms with Crippen LogP contribution in [0.15, 0.2) is 60.7 Å². The highest BCUT2D eigenvalue weighted by atomic mass is 31.1. The summed E-state index contributed by atoms with van der Waals surface area (Å²) in [6, 6.07) is 21.1. The number of hydrogen-bond donors (Lipinski definition) is 1. The van der Waals surface area contributed by atoms with E-state index >= 15 is 0 Å². The maximum atomic E-state index is 8.72. The summed E-state index contributed by atoms with van der Waals surface area (Å²) in [6.45, 7) is 2.77. The number of nitrogens with one attached hydrogen (secondary N) is 1. The van der Waals surface area contributed by atoms with E-state index < -0.39 is 8.22 Å². The van der Waals surface area contributed by atoms with Crippen molar-refractivity contribution in [1.29, 1.82) is 5.26 Å². The number of para-hydroxylation sites is 2. The van der Waals surface area contributed by atoms with E-state index in [1.807, 2.05) is 18.3 Å². The molecule has 3 rings (SSSR count). The fourth-order valence-electron chi connectivity index (χ4n) is 2.73. The molecule has 1 saturated heterocycles. The van der Waals surface area contributed by atoms with Gasteiger partial charge in [-0.1, -0.05) is 36.4 Å². The van der Waals surface area contributed by atoms with Gasteiger partial charge in [0.25, 0.3) is 0 Å². The molecule has 0 saturated carbocycles. The van der Waals surface area contributed by atoms with Gasteiger partial charge in [0, 0.05) is 37.2 Å². The molecule has 0 amide bonds. The average molecular weight is 310 g/mol. The van der Waals surface area contributed by atoms with Crippen molar-refractivity contribution in [2.45, 2.75) is 0 Å². The Morgan fingerprint density at radius 2 is 1.41 bits per heavy atom. The molecule has 1 N–H and O–H groups in total. The van der Waals surface area contributed by atoms with Crippen molar-refractivity contribution in [1.82, 2.24) is 5.32 Å². The third kappa shape index (κ3) is 3.16. The number of anilines is 2. The summed E-state index contributed by atoms with van der Waals surface area (Å²) in [4.78, 5) is 0. The molecule has 0 radical (unpaired) electrons. The minimum absolute atomic E-state index is 0.483. The van der Waals surface area contributed by atoms with Crippen molar-refractivity contribution < 1.29 is 0 Å². The van der Waals surface area contributed by atoms with Gasteiger partial charge in [0.05, 0.1) is 8.22 Å². The SMILES string of the molecule is N#CNCCP1N(c2ccccc2)CCN1c1ccccc1. The van der Waals surface area contributed by atoms with Gasteiger partial charge in [-0.05, 0) is 24.3 Å².